The third-order valence-corrected chi connectivity index (χ3v) is 6.67. The van der Waals surface area contributed by atoms with Crippen molar-refractivity contribution in [2.45, 2.75) is 106 Å². The van der Waals surface area contributed by atoms with E-state index in [1.165, 1.54) is 12.1 Å². The van der Waals surface area contributed by atoms with Gasteiger partial charge in [-0.25, -0.2) is 4.79 Å². The molecule has 39 heavy (non-hydrogen) atoms. The molecule has 0 aliphatic heterocycles. The minimum absolute atomic E-state index is 0.0561. The quantitative estimate of drug-likeness (QED) is 0.244. The summed E-state index contributed by atoms with van der Waals surface area (Å²) >= 11 is 0. The van der Waals surface area contributed by atoms with Gasteiger partial charge in [-0.3, -0.25) is 14.4 Å². The Morgan fingerprint density at radius 3 is 1.85 bits per heavy atom. The molecule has 10 heteroatoms. The zero-order valence-electron chi connectivity index (χ0n) is 24.8. The van der Waals surface area contributed by atoms with Crippen LogP contribution in [0.1, 0.15) is 87.1 Å². The smallest absolute Gasteiger partial charge is 0.461 e. The van der Waals surface area contributed by atoms with Crippen LogP contribution in [-0.2, 0) is 35.0 Å². The van der Waals surface area contributed by atoms with Crippen molar-refractivity contribution in [3.8, 4) is 11.5 Å². The predicted octanol–water partition coefficient (Wildman–Crippen LogP) is 5.12. The topological polar surface area (TPSA) is 140 Å². The summed E-state index contributed by atoms with van der Waals surface area (Å²) in [6, 6.07) is 3.62. The molecule has 0 saturated heterocycles. The van der Waals surface area contributed by atoms with Gasteiger partial charge in [0.25, 0.3) is 0 Å². The van der Waals surface area contributed by atoms with Crippen LogP contribution in [0, 0.1) is 10.8 Å². The highest BCUT2D eigenvalue weighted by atomic mass is 16.7. The van der Waals surface area contributed by atoms with Crippen LogP contribution in [0.2, 0.25) is 0 Å². The fraction of sp³-hybridized carbons (Fsp3) is 0.655. The van der Waals surface area contributed by atoms with Gasteiger partial charge in [0.1, 0.15) is 24.9 Å². The molecule has 0 aliphatic rings. The number of carbonyl (C=O) groups is 4. The summed E-state index contributed by atoms with van der Waals surface area (Å²) in [6.45, 7) is 15.8. The monoisotopic (exact) mass is 551 g/mol. The van der Waals surface area contributed by atoms with Gasteiger partial charge in [0.05, 0.1) is 10.8 Å². The lowest BCUT2D eigenvalue weighted by Crippen LogP contribution is -2.36. The van der Waals surface area contributed by atoms with Crippen molar-refractivity contribution in [1.29, 1.82) is 0 Å². The van der Waals surface area contributed by atoms with Gasteiger partial charge < -0.3 is 29.4 Å². The maximum Gasteiger partial charge on any atom is 0.508 e. The van der Waals surface area contributed by atoms with E-state index >= 15 is 0 Å². The molecular weight excluding hydrogens is 506 g/mol. The van der Waals surface area contributed by atoms with E-state index in [0.29, 0.717) is 24.8 Å². The molecule has 10 nitrogen and oxygen atoms in total. The van der Waals surface area contributed by atoms with E-state index in [9.17, 15) is 19.2 Å². The van der Waals surface area contributed by atoms with Gasteiger partial charge in [-0.1, -0.05) is 26.8 Å². The van der Waals surface area contributed by atoms with E-state index < -0.39 is 47.0 Å². The average Bonchev–Trinajstić information content (AvgIpc) is 2.88. The van der Waals surface area contributed by atoms with Gasteiger partial charge >= 0.3 is 24.1 Å². The summed E-state index contributed by atoms with van der Waals surface area (Å²) in [5.74, 6) is -1.50. The molecule has 0 aliphatic carbocycles. The van der Waals surface area contributed by atoms with Crippen molar-refractivity contribution in [2.24, 2.45) is 16.6 Å². The summed E-state index contributed by atoms with van der Waals surface area (Å²) in [5.41, 5.74) is 5.12. The standard InChI is InChI=1S/C29H45NO9/c1-10-18(4)36-27(34)37-19(5)17-35-24(31)21(30)15-20-13-14-22(38-25(32)28(6,7)11-2)23(16-20)39-26(33)29(8,9)12-3/h13-14,16,18-19,21H,10-12,15,17,30H2,1-9H3/t18?,19-,21-/m0/s1. The maximum atomic E-state index is 12.8. The molecule has 1 aromatic carbocycles. The van der Waals surface area contributed by atoms with E-state index in [2.05, 4.69) is 0 Å². The second-order valence-electron chi connectivity index (χ2n) is 11.0. The summed E-state index contributed by atoms with van der Waals surface area (Å²) in [4.78, 5) is 49.7. The van der Waals surface area contributed by atoms with E-state index in [0.717, 1.165) is 0 Å². The van der Waals surface area contributed by atoms with Gasteiger partial charge in [0.15, 0.2) is 11.5 Å². The Morgan fingerprint density at radius 2 is 1.33 bits per heavy atom. The molecule has 1 unspecified atom stereocenters. The summed E-state index contributed by atoms with van der Waals surface area (Å²) < 4.78 is 26.5. The van der Waals surface area contributed by atoms with Crippen molar-refractivity contribution in [3.05, 3.63) is 23.8 Å². The van der Waals surface area contributed by atoms with Crippen molar-refractivity contribution in [1.82, 2.24) is 0 Å². The molecule has 0 amide bonds. The summed E-state index contributed by atoms with van der Waals surface area (Å²) in [7, 11) is 0. The third-order valence-electron chi connectivity index (χ3n) is 6.67. The second kappa shape index (κ2) is 14.9. The first-order chi connectivity index (χ1) is 18.1. The van der Waals surface area contributed by atoms with Gasteiger partial charge in [-0.15, -0.1) is 0 Å². The van der Waals surface area contributed by atoms with Crippen LogP contribution in [-0.4, -0.2) is 48.9 Å². The second-order valence-corrected chi connectivity index (χ2v) is 11.0. The average molecular weight is 552 g/mol. The molecule has 1 aromatic rings. The highest BCUT2D eigenvalue weighted by Crippen LogP contribution is 2.34. The number of rotatable bonds is 14. The molecule has 0 saturated carbocycles. The molecule has 0 fully saturated rings. The summed E-state index contributed by atoms with van der Waals surface area (Å²) in [5, 5.41) is 0. The molecule has 0 aromatic heterocycles. The largest absolute Gasteiger partial charge is 0.508 e. The fourth-order valence-electron chi connectivity index (χ4n) is 2.73. The maximum absolute atomic E-state index is 12.8. The Bertz CT molecular complexity index is 1000. The van der Waals surface area contributed by atoms with Crippen LogP contribution in [0.15, 0.2) is 18.2 Å². The van der Waals surface area contributed by atoms with E-state index in [1.54, 1.807) is 47.6 Å². The fourth-order valence-corrected chi connectivity index (χ4v) is 2.73. The normalized spacial score (nSPS) is 14.0. The predicted molar refractivity (Wildman–Crippen MR) is 145 cm³/mol. The van der Waals surface area contributed by atoms with Crippen LogP contribution in [0.5, 0.6) is 11.5 Å². The minimum atomic E-state index is -1.05. The van der Waals surface area contributed by atoms with Crippen molar-refractivity contribution in [2.75, 3.05) is 6.61 Å². The van der Waals surface area contributed by atoms with Crippen LogP contribution in [0.3, 0.4) is 0 Å². The first kappa shape index (κ1) is 33.9. The van der Waals surface area contributed by atoms with Gasteiger partial charge in [-0.05, 0) is 84.9 Å². The zero-order valence-corrected chi connectivity index (χ0v) is 24.8. The number of benzene rings is 1. The lowest BCUT2D eigenvalue weighted by molar-refractivity contribution is -0.148. The van der Waals surface area contributed by atoms with Crippen molar-refractivity contribution < 1.29 is 42.9 Å². The summed E-state index contributed by atoms with van der Waals surface area (Å²) in [6.07, 6.45) is -0.0589. The number of ether oxygens (including phenoxy) is 5. The van der Waals surface area contributed by atoms with Crippen molar-refractivity contribution in [3.63, 3.8) is 0 Å². The minimum Gasteiger partial charge on any atom is -0.461 e. The van der Waals surface area contributed by atoms with E-state index in [1.807, 2.05) is 20.8 Å². The Labute approximate surface area is 231 Å². The number of carbonyl (C=O) groups excluding carboxylic acids is 4. The number of esters is 3. The van der Waals surface area contributed by atoms with Crippen molar-refractivity contribution >= 4 is 24.1 Å². The lowest BCUT2D eigenvalue weighted by Gasteiger charge is -2.23. The molecule has 0 heterocycles. The Morgan fingerprint density at radius 1 is 0.821 bits per heavy atom. The molecule has 220 valence electrons. The molecular formula is C29H45NO9. The number of hydrogen-bond acceptors (Lipinski definition) is 10. The lowest BCUT2D eigenvalue weighted by atomic mass is 9.90. The van der Waals surface area contributed by atoms with Crippen LogP contribution in [0.25, 0.3) is 0 Å². The molecule has 0 bridgehead atoms. The molecule has 1 rings (SSSR count). The molecule has 2 N–H and O–H groups in total. The van der Waals surface area contributed by atoms with Gasteiger partial charge in [0, 0.05) is 0 Å². The highest BCUT2D eigenvalue weighted by molar-refractivity contribution is 5.81. The third kappa shape index (κ3) is 10.9. The van der Waals surface area contributed by atoms with Crippen LogP contribution < -0.4 is 15.2 Å². The van der Waals surface area contributed by atoms with Crippen LogP contribution in [0.4, 0.5) is 4.79 Å². The zero-order chi connectivity index (χ0) is 30.0. The Hall–Kier alpha value is -3.14. The molecule has 0 spiro atoms. The van der Waals surface area contributed by atoms with Gasteiger partial charge in [-0.2, -0.15) is 0 Å². The van der Waals surface area contributed by atoms with E-state index in [-0.39, 0.29) is 30.6 Å². The van der Waals surface area contributed by atoms with E-state index in [4.69, 9.17) is 29.4 Å². The SMILES string of the molecule is CCC(C)OC(=O)O[C@@H](C)COC(=O)[C@@H](N)Cc1ccc(OC(=O)C(C)(C)CC)c(OC(=O)C(C)(C)CC)c1. The molecule has 3 atom stereocenters. The van der Waals surface area contributed by atoms with Gasteiger partial charge in [0.2, 0.25) is 0 Å². The first-order valence-corrected chi connectivity index (χ1v) is 13.4. The van der Waals surface area contributed by atoms with Crippen LogP contribution >= 0.6 is 0 Å². The number of nitrogens with two attached hydrogens (primary N) is 1. The number of hydrogen-bond donors (Lipinski definition) is 1. The Kier molecular flexibility index (Phi) is 12.9. The highest BCUT2D eigenvalue weighted by Gasteiger charge is 2.31. The first-order valence-electron chi connectivity index (χ1n) is 13.4. The molecule has 0 radical (unpaired) electrons. The Balaban J connectivity index is 2.96.